The van der Waals surface area contributed by atoms with E-state index in [1.165, 1.54) is 4.90 Å². The lowest BCUT2D eigenvalue weighted by atomic mass is 9.92. The lowest BCUT2D eigenvalue weighted by Gasteiger charge is -2.36. The molecular weight excluding hydrogens is 535 g/mol. The number of amides is 2. The number of hydrogen-bond donors (Lipinski definition) is 2. The maximum atomic E-state index is 13.2. The van der Waals surface area contributed by atoms with Crippen LogP contribution in [-0.4, -0.2) is 46.2 Å². The Labute approximate surface area is 227 Å². The monoisotopic (exact) mass is 556 g/mol. The van der Waals surface area contributed by atoms with Gasteiger partial charge in [0.1, 0.15) is 24.1 Å². The smallest absolute Gasteiger partial charge is 0.408 e. The second-order valence-corrected chi connectivity index (χ2v) is 9.87. The van der Waals surface area contributed by atoms with E-state index in [0.717, 1.165) is 10.5 Å². The number of likely N-dealkylation sites (N-methyl/N-ethyl adjacent to an activating group) is 1. The van der Waals surface area contributed by atoms with Crippen molar-refractivity contribution in [3.8, 4) is 11.5 Å². The Morgan fingerprint density at radius 1 is 1.03 bits per heavy atom. The predicted octanol–water partition coefficient (Wildman–Crippen LogP) is 5.16. The number of hydrogen-bond acceptors (Lipinski definition) is 5. The van der Waals surface area contributed by atoms with Crippen LogP contribution < -0.4 is 14.4 Å². The van der Waals surface area contributed by atoms with Crippen LogP contribution in [0.3, 0.4) is 0 Å². The fourth-order valence-corrected chi connectivity index (χ4v) is 4.92. The topological polar surface area (TPSA) is 117 Å². The number of halogens is 2. The van der Waals surface area contributed by atoms with Gasteiger partial charge in [0.15, 0.2) is 0 Å². The zero-order valence-electron chi connectivity index (χ0n) is 20.1. The first-order valence-corrected chi connectivity index (χ1v) is 12.4. The van der Waals surface area contributed by atoms with E-state index in [1.54, 1.807) is 55.6 Å². The molecule has 0 saturated carbocycles. The highest BCUT2D eigenvalue weighted by atomic mass is 35.5. The van der Waals surface area contributed by atoms with E-state index in [9.17, 15) is 24.6 Å². The van der Waals surface area contributed by atoms with Crippen LogP contribution >= 0.6 is 23.2 Å². The number of anilines is 1. The fraction of sp³-hybridized carbons (Fsp3) is 0.222. The number of ether oxygens (including phenoxy) is 2. The van der Waals surface area contributed by atoms with Gasteiger partial charge in [-0.25, -0.2) is 9.59 Å². The second kappa shape index (κ2) is 10.1. The van der Waals surface area contributed by atoms with Gasteiger partial charge in [0.05, 0.1) is 22.3 Å². The Balaban J connectivity index is 1.35. The third-order valence-corrected chi connectivity index (χ3v) is 7.41. The van der Waals surface area contributed by atoms with E-state index in [2.05, 4.69) is 0 Å². The van der Waals surface area contributed by atoms with Gasteiger partial charge in [0, 0.05) is 19.0 Å². The van der Waals surface area contributed by atoms with Crippen LogP contribution in [-0.2, 0) is 29.2 Å². The van der Waals surface area contributed by atoms with E-state index in [0.29, 0.717) is 43.9 Å². The zero-order valence-corrected chi connectivity index (χ0v) is 21.6. The first-order valence-electron chi connectivity index (χ1n) is 11.6. The van der Waals surface area contributed by atoms with Crippen molar-refractivity contribution >= 4 is 46.9 Å². The van der Waals surface area contributed by atoms with Gasteiger partial charge in [-0.1, -0.05) is 41.4 Å². The van der Waals surface area contributed by atoms with E-state index in [1.807, 2.05) is 6.07 Å². The summed E-state index contributed by atoms with van der Waals surface area (Å²) >= 11 is 12.0. The summed E-state index contributed by atoms with van der Waals surface area (Å²) in [7, 11) is 1.62. The van der Waals surface area contributed by atoms with Crippen LogP contribution in [0, 0.1) is 0 Å². The van der Waals surface area contributed by atoms with Crippen molar-refractivity contribution in [2.24, 2.45) is 0 Å². The summed E-state index contributed by atoms with van der Waals surface area (Å²) in [6.45, 7) is 0.192. The van der Waals surface area contributed by atoms with Crippen molar-refractivity contribution in [3.05, 3.63) is 86.9 Å². The van der Waals surface area contributed by atoms with Gasteiger partial charge in [-0.2, -0.15) is 0 Å². The molecule has 0 unspecified atom stereocenters. The van der Waals surface area contributed by atoms with Crippen LogP contribution in [0.5, 0.6) is 11.5 Å². The molecule has 0 bridgehead atoms. The number of carbonyl (C=O) groups is 3. The molecule has 2 aliphatic rings. The molecule has 0 aliphatic carbocycles. The van der Waals surface area contributed by atoms with Gasteiger partial charge in [0.25, 0.3) is 5.91 Å². The summed E-state index contributed by atoms with van der Waals surface area (Å²) in [5.41, 5.74) is 3.27. The number of rotatable bonds is 5. The first kappa shape index (κ1) is 25.7. The average Bonchev–Trinajstić information content (AvgIpc) is 2.90. The van der Waals surface area contributed by atoms with E-state index in [4.69, 9.17) is 32.7 Å². The fourth-order valence-electron chi connectivity index (χ4n) is 4.60. The van der Waals surface area contributed by atoms with E-state index in [-0.39, 0.29) is 25.5 Å². The van der Waals surface area contributed by atoms with Crippen molar-refractivity contribution in [3.63, 3.8) is 0 Å². The first-order chi connectivity index (χ1) is 18.1. The number of nitrogens with zero attached hydrogens (tertiary/aromatic N) is 2. The Hall–Kier alpha value is -3.95. The lowest BCUT2D eigenvalue weighted by molar-refractivity contribution is -0.143. The van der Waals surface area contributed by atoms with Crippen molar-refractivity contribution in [2.45, 2.75) is 31.7 Å². The lowest BCUT2D eigenvalue weighted by Crippen LogP contribution is -2.48. The van der Waals surface area contributed by atoms with Crippen molar-refractivity contribution < 1.29 is 34.1 Å². The van der Waals surface area contributed by atoms with Gasteiger partial charge in [-0.3, -0.25) is 9.69 Å². The summed E-state index contributed by atoms with van der Waals surface area (Å²) in [5, 5.41) is 19.9. The largest absolute Gasteiger partial charge is 0.489 e. The van der Waals surface area contributed by atoms with Crippen molar-refractivity contribution in [1.29, 1.82) is 0 Å². The van der Waals surface area contributed by atoms with Gasteiger partial charge in [-0.05, 0) is 53.1 Å². The van der Waals surface area contributed by atoms with Crippen LogP contribution in [0.2, 0.25) is 10.0 Å². The molecule has 11 heteroatoms. The minimum absolute atomic E-state index is 0.000602. The van der Waals surface area contributed by atoms with Crippen molar-refractivity contribution in [2.75, 3.05) is 11.9 Å². The molecule has 0 radical (unpaired) electrons. The summed E-state index contributed by atoms with van der Waals surface area (Å²) < 4.78 is 11.9. The molecule has 196 valence electrons. The highest BCUT2D eigenvalue weighted by Crippen LogP contribution is 2.42. The second-order valence-electron chi connectivity index (χ2n) is 9.06. The third kappa shape index (κ3) is 4.82. The Morgan fingerprint density at radius 3 is 2.42 bits per heavy atom. The molecule has 38 heavy (non-hydrogen) atoms. The summed E-state index contributed by atoms with van der Waals surface area (Å²) in [6, 6.07) is 14.4. The molecule has 0 aromatic heterocycles. The predicted molar refractivity (Wildman–Crippen MR) is 139 cm³/mol. The average molecular weight is 557 g/mol. The number of carboxylic acid groups (broad SMARTS) is 2. The summed E-state index contributed by atoms with van der Waals surface area (Å²) in [4.78, 5) is 38.8. The van der Waals surface area contributed by atoms with Gasteiger partial charge >= 0.3 is 12.1 Å². The maximum Gasteiger partial charge on any atom is 0.408 e. The number of carboxylic acids is 1. The highest BCUT2D eigenvalue weighted by Gasteiger charge is 2.38. The minimum atomic E-state index is -1.31. The summed E-state index contributed by atoms with van der Waals surface area (Å²) in [5.74, 6) is -0.511. The molecule has 2 atom stereocenters. The molecule has 0 spiro atoms. The Morgan fingerprint density at radius 2 is 1.76 bits per heavy atom. The normalized spacial score (nSPS) is 18.3. The highest BCUT2D eigenvalue weighted by molar-refractivity contribution is 6.42. The van der Waals surface area contributed by atoms with Gasteiger partial charge < -0.3 is 24.6 Å². The minimum Gasteiger partial charge on any atom is -0.489 e. The maximum absolute atomic E-state index is 13.2. The molecule has 3 aromatic rings. The molecule has 5 rings (SSSR count). The number of aliphatic carboxylic acids is 1. The van der Waals surface area contributed by atoms with E-state index < -0.39 is 24.2 Å². The molecule has 2 N–H and O–H groups in total. The van der Waals surface area contributed by atoms with Gasteiger partial charge in [-0.15, -0.1) is 0 Å². The SMILES string of the molecule is CN1C(=O)[C@@H](c2ccc(OCc3ccc(Cl)c(Cl)c3)cc2)Oc2cc3c(cc21)C[C@@H](C(=O)O)N(C(=O)O)C3. The van der Waals surface area contributed by atoms with Crippen molar-refractivity contribution in [1.82, 2.24) is 4.90 Å². The van der Waals surface area contributed by atoms with Gasteiger partial charge in [0.2, 0.25) is 6.10 Å². The Bertz CT molecular complexity index is 1440. The van der Waals surface area contributed by atoms with Crippen LogP contribution in [0.4, 0.5) is 10.5 Å². The quantitative estimate of drug-likeness (QED) is 0.445. The molecule has 0 saturated heterocycles. The molecular formula is C27H22Cl2N2O7. The Kier molecular flexibility index (Phi) is 6.81. The number of fused-ring (bicyclic) bond motifs is 2. The number of benzene rings is 3. The summed E-state index contributed by atoms with van der Waals surface area (Å²) in [6.07, 6.45) is -2.23. The molecule has 2 heterocycles. The zero-order chi connectivity index (χ0) is 27.1. The molecule has 3 aromatic carbocycles. The van der Waals surface area contributed by atoms with Crippen LogP contribution in [0.25, 0.3) is 0 Å². The third-order valence-electron chi connectivity index (χ3n) is 6.68. The van der Waals surface area contributed by atoms with E-state index >= 15 is 0 Å². The molecule has 2 amide bonds. The van der Waals surface area contributed by atoms with Crippen LogP contribution in [0.15, 0.2) is 54.6 Å². The molecule has 9 nitrogen and oxygen atoms in total. The number of carbonyl (C=O) groups excluding carboxylic acids is 1. The standard InChI is InChI=1S/C27H22Cl2N2O7/c1-30-21-9-16-10-22(26(33)34)31(27(35)36)12-17(16)11-23(21)38-24(25(30)32)15-3-5-18(6-4-15)37-13-14-2-7-19(28)20(29)8-14/h2-9,11,22,24H,10,12-13H2,1H3,(H,33,34)(H,35,36)/t22-,24+/m0/s1. The molecule has 0 fully saturated rings. The van der Waals surface area contributed by atoms with Crippen LogP contribution in [0.1, 0.15) is 28.4 Å². The molecule has 2 aliphatic heterocycles.